The van der Waals surface area contributed by atoms with Gasteiger partial charge >= 0.3 is 0 Å². The highest BCUT2D eigenvalue weighted by Gasteiger charge is 2.47. The van der Waals surface area contributed by atoms with Crippen LogP contribution < -0.4 is 10.2 Å². The summed E-state index contributed by atoms with van der Waals surface area (Å²) in [6.07, 6.45) is 9.55. The monoisotopic (exact) mass is 536 g/mol. The lowest BCUT2D eigenvalue weighted by molar-refractivity contribution is 0.0803. The average Bonchev–Trinajstić information content (AvgIpc) is 3.76. The Morgan fingerprint density at radius 1 is 1.00 bits per heavy atom. The number of Topliss-reactive ketones (excluding diaryl/α,β-unsaturated/α-hetero) is 1. The molecule has 2 bridgehead atoms. The van der Waals surface area contributed by atoms with E-state index in [1.807, 2.05) is 30.5 Å². The standard InChI is InChI=1S/C30H32N8O2/c39-12-11-38-18-21-14-23(38)15-24(21)28(40)27-6-4-22(17-32-27)34-29-31-8-7-26(35-29)19-3-5-25-20(13-19)16-33-30(36-25)37-9-1-2-10-37/h3-8,13,16-17,21,23-24,39H,1-2,9-12,14-15,18H2,(H,31,34,35)/t21-,23-,24?/m0/s1. The van der Waals surface area contributed by atoms with Crippen molar-refractivity contribution >= 4 is 34.3 Å². The number of aliphatic hydroxyl groups is 1. The minimum Gasteiger partial charge on any atom is -0.395 e. The van der Waals surface area contributed by atoms with Crippen molar-refractivity contribution in [1.29, 1.82) is 0 Å². The van der Waals surface area contributed by atoms with Gasteiger partial charge in [0.2, 0.25) is 11.9 Å². The fraction of sp³-hybridized carbons (Fsp3) is 0.400. The zero-order chi connectivity index (χ0) is 27.1. The van der Waals surface area contributed by atoms with E-state index in [1.165, 1.54) is 12.8 Å². The molecule has 3 fully saturated rings. The Kier molecular flexibility index (Phi) is 6.57. The number of hydrogen-bond acceptors (Lipinski definition) is 10. The predicted octanol–water partition coefficient (Wildman–Crippen LogP) is 3.71. The van der Waals surface area contributed by atoms with Crippen LogP contribution >= 0.6 is 0 Å². The minimum atomic E-state index is 0.0189. The van der Waals surface area contributed by atoms with Gasteiger partial charge in [-0.1, -0.05) is 6.07 Å². The van der Waals surface area contributed by atoms with Gasteiger partial charge in [0.1, 0.15) is 5.69 Å². The van der Waals surface area contributed by atoms with Gasteiger partial charge in [0.05, 0.1) is 29.7 Å². The van der Waals surface area contributed by atoms with E-state index < -0.39 is 0 Å². The highest BCUT2D eigenvalue weighted by atomic mass is 16.3. The molecule has 1 aromatic carbocycles. The number of piperidine rings is 1. The maximum atomic E-state index is 13.2. The van der Waals surface area contributed by atoms with E-state index in [-0.39, 0.29) is 18.3 Å². The van der Waals surface area contributed by atoms with Crippen molar-refractivity contribution in [3.63, 3.8) is 0 Å². The summed E-state index contributed by atoms with van der Waals surface area (Å²) in [4.78, 5) is 40.6. The Hall–Kier alpha value is -4.02. The molecule has 2 N–H and O–H groups in total. The molecule has 3 aliphatic rings. The quantitative estimate of drug-likeness (QED) is 0.323. The van der Waals surface area contributed by atoms with Gasteiger partial charge in [-0.2, -0.15) is 0 Å². The molecular weight excluding hydrogens is 504 g/mol. The van der Waals surface area contributed by atoms with E-state index in [9.17, 15) is 9.90 Å². The summed E-state index contributed by atoms with van der Waals surface area (Å²) in [5.41, 5.74) is 3.88. The van der Waals surface area contributed by atoms with Crippen molar-refractivity contribution in [3.8, 4) is 11.3 Å². The molecule has 7 rings (SSSR count). The van der Waals surface area contributed by atoms with E-state index in [4.69, 9.17) is 9.97 Å². The molecule has 10 nitrogen and oxygen atoms in total. The largest absolute Gasteiger partial charge is 0.395 e. The highest BCUT2D eigenvalue weighted by molar-refractivity contribution is 5.97. The Morgan fingerprint density at radius 3 is 2.67 bits per heavy atom. The number of anilines is 3. The Morgan fingerprint density at radius 2 is 1.90 bits per heavy atom. The third kappa shape index (κ3) is 4.77. The molecule has 5 heterocycles. The topological polar surface area (TPSA) is 120 Å². The minimum absolute atomic E-state index is 0.0189. The molecule has 2 aliphatic heterocycles. The molecule has 0 amide bonds. The number of aliphatic hydroxyl groups excluding tert-OH is 1. The summed E-state index contributed by atoms with van der Waals surface area (Å²) < 4.78 is 0. The number of nitrogens with zero attached hydrogens (tertiary/aromatic N) is 7. The summed E-state index contributed by atoms with van der Waals surface area (Å²) in [5, 5.41) is 13.4. The fourth-order valence-electron chi connectivity index (χ4n) is 6.53. The van der Waals surface area contributed by atoms with E-state index in [2.05, 4.69) is 36.1 Å². The van der Waals surface area contributed by atoms with Gasteiger partial charge in [-0.3, -0.25) is 14.7 Å². The van der Waals surface area contributed by atoms with Crippen molar-refractivity contribution in [2.24, 2.45) is 11.8 Å². The third-order valence-corrected chi connectivity index (χ3v) is 8.56. The maximum Gasteiger partial charge on any atom is 0.227 e. The lowest BCUT2D eigenvalue weighted by atomic mass is 9.88. The zero-order valence-corrected chi connectivity index (χ0v) is 22.3. The molecule has 204 valence electrons. The van der Waals surface area contributed by atoms with Crippen molar-refractivity contribution in [2.75, 3.05) is 43.0 Å². The first-order chi connectivity index (χ1) is 19.6. The molecule has 1 saturated carbocycles. The van der Waals surface area contributed by atoms with Gasteiger partial charge in [-0.25, -0.2) is 19.9 Å². The average molecular weight is 537 g/mol. The van der Waals surface area contributed by atoms with Gasteiger partial charge in [-0.15, -0.1) is 0 Å². The predicted molar refractivity (Wildman–Crippen MR) is 153 cm³/mol. The number of ketones is 1. The molecule has 0 radical (unpaired) electrons. The van der Waals surface area contributed by atoms with E-state index >= 15 is 0 Å². The molecule has 40 heavy (non-hydrogen) atoms. The number of fused-ring (bicyclic) bond motifs is 3. The molecule has 0 spiro atoms. The number of rotatable bonds is 8. The Bertz CT molecular complexity index is 1540. The molecule has 1 aliphatic carbocycles. The van der Waals surface area contributed by atoms with Crippen molar-refractivity contribution in [3.05, 3.63) is 60.7 Å². The van der Waals surface area contributed by atoms with Crippen molar-refractivity contribution < 1.29 is 9.90 Å². The number of benzene rings is 1. The van der Waals surface area contributed by atoms with Crippen LogP contribution in [0, 0.1) is 11.8 Å². The second-order valence-electron chi connectivity index (χ2n) is 11.0. The second-order valence-corrected chi connectivity index (χ2v) is 11.0. The van der Waals surface area contributed by atoms with Crippen LogP contribution in [0.2, 0.25) is 0 Å². The summed E-state index contributed by atoms with van der Waals surface area (Å²) >= 11 is 0. The van der Waals surface area contributed by atoms with Crippen molar-refractivity contribution in [1.82, 2.24) is 29.8 Å². The Labute approximate surface area is 232 Å². The van der Waals surface area contributed by atoms with E-state index in [0.29, 0.717) is 30.1 Å². The summed E-state index contributed by atoms with van der Waals surface area (Å²) in [6, 6.07) is 12.0. The molecule has 2 saturated heterocycles. The molecule has 1 unspecified atom stereocenters. The fourth-order valence-corrected chi connectivity index (χ4v) is 6.53. The number of β-amino-alcohol motifs (C(OH)–C–C–N with tert-alkyl or cyclic N) is 1. The summed E-state index contributed by atoms with van der Waals surface area (Å²) in [7, 11) is 0. The van der Waals surface area contributed by atoms with Crippen LogP contribution in [0.25, 0.3) is 22.2 Å². The first-order valence-corrected chi connectivity index (χ1v) is 14.1. The molecule has 4 aromatic rings. The lowest BCUT2D eigenvalue weighted by Crippen LogP contribution is -2.39. The van der Waals surface area contributed by atoms with Crippen LogP contribution in [-0.2, 0) is 0 Å². The maximum absolute atomic E-state index is 13.2. The molecule has 3 atom stereocenters. The number of pyridine rings is 1. The Balaban J connectivity index is 1.03. The third-order valence-electron chi connectivity index (χ3n) is 8.56. The SMILES string of the molecule is O=C(c1ccc(Nc2nccc(-c3ccc4nc(N5CCCC5)ncc4c3)n2)cn1)C1C[C@@H]2C[C@H]1CN2CCO. The number of nitrogens with one attached hydrogen (secondary N) is 1. The van der Waals surface area contributed by atoms with Crippen LogP contribution in [0.1, 0.15) is 36.2 Å². The second kappa shape index (κ2) is 10.5. The van der Waals surface area contributed by atoms with Gasteiger partial charge < -0.3 is 15.3 Å². The van der Waals surface area contributed by atoms with Crippen molar-refractivity contribution in [2.45, 2.75) is 31.7 Å². The number of carbonyl (C=O) groups excluding carboxylic acids is 1. The molecular formula is C30H32N8O2. The summed E-state index contributed by atoms with van der Waals surface area (Å²) in [5.74, 6) is 1.75. The van der Waals surface area contributed by atoms with Crippen LogP contribution in [0.3, 0.4) is 0 Å². The number of carbonyl (C=O) groups is 1. The molecule has 10 heteroatoms. The lowest BCUT2D eigenvalue weighted by Gasteiger charge is -2.30. The first kappa shape index (κ1) is 25.0. The smallest absolute Gasteiger partial charge is 0.227 e. The number of hydrogen-bond donors (Lipinski definition) is 2. The normalized spacial score (nSPS) is 22.3. The number of aromatic nitrogens is 5. The molecule has 3 aromatic heterocycles. The van der Waals surface area contributed by atoms with Crippen LogP contribution in [0.5, 0.6) is 0 Å². The van der Waals surface area contributed by atoms with E-state index in [0.717, 1.165) is 66.3 Å². The number of likely N-dealkylation sites (tertiary alicyclic amines) is 1. The summed E-state index contributed by atoms with van der Waals surface area (Å²) in [6.45, 7) is 3.78. The highest BCUT2D eigenvalue weighted by Crippen LogP contribution is 2.43. The van der Waals surface area contributed by atoms with Gasteiger partial charge in [0.25, 0.3) is 0 Å². The van der Waals surface area contributed by atoms with Gasteiger partial charge in [0.15, 0.2) is 5.78 Å². The van der Waals surface area contributed by atoms with Gasteiger partial charge in [0, 0.05) is 61.5 Å². The van der Waals surface area contributed by atoms with Gasteiger partial charge in [-0.05, 0) is 61.9 Å². The van der Waals surface area contributed by atoms with Crippen LogP contribution in [-0.4, -0.2) is 79.5 Å². The zero-order valence-electron chi connectivity index (χ0n) is 22.3. The first-order valence-electron chi connectivity index (χ1n) is 14.1. The van der Waals surface area contributed by atoms with Crippen LogP contribution in [0.4, 0.5) is 17.6 Å². The van der Waals surface area contributed by atoms with Crippen LogP contribution in [0.15, 0.2) is 55.0 Å². The van der Waals surface area contributed by atoms with E-state index in [1.54, 1.807) is 18.5 Å².